The molecule has 7 heteroatoms. The lowest BCUT2D eigenvalue weighted by molar-refractivity contribution is -0.141. The highest BCUT2D eigenvalue weighted by Gasteiger charge is 2.22. The lowest BCUT2D eigenvalue weighted by Gasteiger charge is -2.16. The first-order valence-corrected chi connectivity index (χ1v) is 7.08. The van der Waals surface area contributed by atoms with E-state index in [-0.39, 0.29) is 33.1 Å². The fourth-order valence-corrected chi connectivity index (χ4v) is 2.77. The van der Waals surface area contributed by atoms with Crippen molar-refractivity contribution in [1.82, 2.24) is 0 Å². The summed E-state index contributed by atoms with van der Waals surface area (Å²) in [5.74, 6) is -1.85. The topological polar surface area (TPSA) is 66.4 Å². The number of nitrogens with one attached hydrogen (secondary N) is 1. The molecule has 0 bridgehead atoms. The molecule has 0 radical (unpaired) electrons. The molecule has 0 heterocycles. The first-order valence-electron chi connectivity index (χ1n) is 5.94. The quantitative estimate of drug-likeness (QED) is 0.843. The Hall–Kier alpha value is -0.970. The second-order valence-electron chi connectivity index (χ2n) is 4.34. The normalized spacial score (nSPS) is 12.1. The molecule has 20 heavy (non-hydrogen) atoms. The van der Waals surface area contributed by atoms with Crippen LogP contribution in [0.5, 0.6) is 0 Å². The molecule has 4 nitrogen and oxygen atoms in total. The van der Waals surface area contributed by atoms with Crippen LogP contribution >= 0.6 is 34.8 Å². The maximum absolute atomic E-state index is 11.1. The summed E-state index contributed by atoms with van der Waals surface area (Å²) in [5, 5.41) is 12.3. The van der Waals surface area contributed by atoms with Gasteiger partial charge in [0.1, 0.15) is 0 Å². The molecule has 1 aromatic rings. The van der Waals surface area contributed by atoms with E-state index in [1.165, 1.54) is 13.0 Å². The first-order chi connectivity index (χ1) is 9.27. The van der Waals surface area contributed by atoms with Crippen LogP contribution in [0.1, 0.15) is 25.8 Å². The van der Waals surface area contributed by atoms with Crippen molar-refractivity contribution >= 4 is 52.4 Å². The highest BCUT2D eigenvalue weighted by Crippen LogP contribution is 2.39. The first kappa shape index (κ1) is 17.1. The molecule has 1 unspecified atom stereocenters. The number of benzene rings is 1. The molecular weight excluding hydrogens is 325 g/mol. The summed E-state index contributed by atoms with van der Waals surface area (Å²) in [6.45, 7) is 3.10. The van der Waals surface area contributed by atoms with Crippen LogP contribution in [0.25, 0.3) is 0 Å². The van der Waals surface area contributed by atoms with Gasteiger partial charge in [-0.15, -0.1) is 0 Å². The van der Waals surface area contributed by atoms with Crippen molar-refractivity contribution in [3.8, 4) is 0 Å². The molecule has 1 rings (SSSR count). The summed E-state index contributed by atoms with van der Waals surface area (Å²) in [7, 11) is 0. The summed E-state index contributed by atoms with van der Waals surface area (Å²) < 4.78 is 0. The van der Waals surface area contributed by atoms with Gasteiger partial charge in [-0.05, 0) is 24.5 Å². The van der Waals surface area contributed by atoms with Crippen molar-refractivity contribution in [3.63, 3.8) is 0 Å². The average molecular weight is 339 g/mol. The third-order valence-electron chi connectivity index (χ3n) is 2.86. The summed E-state index contributed by atoms with van der Waals surface area (Å²) in [5.41, 5.74) is 0.719. The van der Waals surface area contributed by atoms with Crippen LogP contribution in [-0.4, -0.2) is 17.0 Å². The number of hydrogen-bond acceptors (Lipinski definition) is 2. The Morgan fingerprint density at radius 3 is 2.35 bits per heavy atom. The Labute approximate surface area is 132 Å². The lowest BCUT2D eigenvalue weighted by atomic mass is 9.96. The maximum atomic E-state index is 11.1. The number of halogens is 3. The predicted octanol–water partition coefficient (Wildman–Crippen LogP) is 4.26. The fourth-order valence-electron chi connectivity index (χ4n) is 1.76. The summed E-state index contributed by atoms with van der Waals surface area (Å²) in [6, 6.07) is 1.45. The van der Waals surface area contributed by atoms with E-state index in [1.54, 1.807) is 6.92 Å². The van der Waals surface area contributed by atoms with Crippen molar-refractivity contribution in [2.24, 2.45) is 5.92 Å². The third-order valence-corrected chi connectivity index (χ3v) is 3.91. The van der Waals surface area contributed by atoms with Crippen molar-refractivity contribution in [1.29, 1.82) is 0 Å². The zero-order valence-electron chi connectivity index (χ0n) is 11.0. The largest absolute Gasteiger partial charge is 0.481 e. The van der Waals surface area contributed by atoms with Gasteiger partial charge in [0.05, 0.1) is 21.7 Å². The van der Waals surface area contributed by atoms with E-state index in [1.807, 2.05) is 0 Å². The molecule has 110 valence electrons. The number of rotatable bonds is 5. The van der Waals surface area contributed by atoms with Crippen LogP contribution in [0.4, 0.5) is 5.69 Å². The summed E-state index contributed by atoms with van der Waals surface area (Å²) >= 11 is 18.3. The Balaban J connectivity index is 3.25. The molecule has 0 aromatic heterocycles. The van der Waals surface area contributed by atoms with E-state index >= 15 is 0 Å². The predicted molar refractivity (Wildman–Crippen MR) is 80.9 cm³/mol. The lowest BCUT2D eigenvalue weighted by Crippen LogP contribution is -2.16. The molecule has 1 atom stereocenters. The molecule has 0 fully saturated rings. The number of amides is 1. The van der Waals surface area contributed by atoms with Crippen LogP contribution in [0.15, 0.2) is 6.07 Å². The second-order valence-corrected chi connectivity index (χ2v) is 5.53. The molecule has 0 aliphatic heterocycles. The number of carbonyl (C=O) groups excluding carboxylic acids is 1. The molecule has 0 saturated heterocycles. The Morgan fingerprint density at radius 2 is 1.90 bits per heavy atom. The highest BCUT2D eigenvalue weighted by molar-refractivity contribution is 6.43. The molecule has 0 aliphatic rings. The third kappa shape index (κ3) is 4.01. The average Bonchev–Trinajstić information content (AvgIpc) is 2.33. The van der Waals surface area contributed by atoms with Gasteiger partial charge in [0, 0.05) is 11.9 Å². The van der Waals surface area contributed by atoms with Gasteiger partial charge >= 0.3 is 5.97 Å². The SMILES string of the molecule is CCC(Cc1c(Cl)cc(Cl)c(NC(C)=O)c1Cl)C(=O)O. The van der Waals surface area contributed by atoms with Crippen molar-refractivity contribution in [2.75, 3.05) is 5.32 Å². The maximum Gasteiger partial charge on any atom is 0.306 e. The molecule has 1 amide bonds. The van der Waals surface area contributed by atoms with E-state index in [0.29, 0.717) is 12.0 Å². The standard InChI is InChI=1S/C13H14Cl3NO3/c1-3-7(13(19)20)4-8-9(14)5-10(15)12(11(8)16)17-6(2)18/h5,7H,3-4H2,1-2H3,(H,17,18)(H,19,20). The second kappa shape index (κ2) is 7.16. The van der Waals surface area contributed by atoms with Gasteiger partial charge in [0.15, 0.2) is 0 Å². The minimum atomic E-state index is -0.921. The monoisotopic (exact) mass is 337 g/mol. The number of carbonyl (C=O) groups is 2. The van der Waals surface area contributed by atoms with Gasteiger partial charge in [-0.1, -0.05) is 41.7 Å². The zero-order valence-corrected chi connectivity index (χ0v) is 13.2. The van der Waals surface area contributed by atoms with Crippen LogP contribution < -0.4 is 5.32 Å². The van der Waals surface area contributed by atoms with Gasteiger partial charge in [-0.3, -0.25) is 9.59 Å². The van der Waals surface area contributed by atoms with E-state index < -0.39 is 11.9 Å². The van der Waals surface area contributed by atoms with Gasteiger partial charge in [-0.2, -0.15) is 0 Å². The molecular formula is C13H14Cl3NO3. The Morgan fingerprint density at radius 1 is 1.30 bits per heavy atom. The van der Waals surface area contributed by atoms with Crippen LogP contribution in [0.2, 0.25) is 15.1 Å². The summed E-state index contributed by atoms with van der Waals surface area (Å²) in [4.78, 5) is 22.3. The molecule has 0 spiro atoms. The van der Waals surface area contributed by atoms with Crippen LogP contribution in [0, 0.1) is 5.92 Å². The molecule has 0 aliphatic carbocycles. The van der Waals surface area contributed by atoms with E-state index in [4.69, 9.17) is 39.9 Å². The van der Waals surface area contributed by atoms with Crippen molar-refractivity contribution in [3.05, 3.63) is 26.7 Å². The smallest absolute Gasteiger partial charge is 0.306 e. The Bertz CT molecular complexity index is 546. The van der Waals surface area contributed by atoms with Gasteiger partial charge in [0.2, 0.25) is 5.91 Å². The molecule has 2 N–H and O–H groups in total. The van der Waals surface area contributed by atoms with Gasteiger partial charge in [0.25, 0.3) is 0 Å². The minimum absolute atomic E-state index is 0.174. The van der Waals surface area contributed by atoms with Crippen LogP contribution in [0.3, 0.4) is 0 Å². The number of carboxylic acid groups (broad SMARTS) is 1. The number of carboxylic acids is 1. The highest BCUT2D eigenvalue weighted by atomic mass is 35.5. The van der Waals surface area contributed by atoms with Crippen LogP contribution in [-0.2, 0) is 16.0 Å². The number of anilines is 1. The van der Waals surface area contributed by atoms with Crippen molar-refractivity contribution < 1.29 is 14.7 Å². The van der Waals surface area contributed by atoms with Crippen molar-refractivity contribution in [2.45, 2.75) is 26.7 Å². The number of aliphatic carboxylic acids is 1. The minimum Gasteiger partial charge on any atom is -0.481 e. The van der Waals surface area contributed by atoms with E-state index in [9.17, 15) is 9.59 Å². The fraction of sp³-hybridized carbons (Fsp3) is 0.385. The van der Waals surface area contributed by atoms with E-state index in [0.717, 1.165) is 0 Å². The number of hydrogen-bond donors (Lipinski definition) is 2. The van der Waals surface area contributed by atoms with E-state index in [2.05, 4.69) is 5.32 Å². The Kier molecular flexibility index (Phi) is 6.11. The summed E-state index contributed by atoms with van der Waals surface area (Å²) in [6.07, 6.45) is 0.618. The van der Waals surface area contributed by atoms with Gasteiger partial charge < -0.3 is 10.4 Å². The van der Waals surface area contributed by atoms with Gasteiger partial charge in [-0.25, -0.2) is 0 Å². The zero-order chi connectivity index (χ0) is 15.4. The molecule has 1 aromatic carbocycles. The molecule has 0 saturated carbocycles.